The molecular formula is C22H30N4O4S. The van der Waals surface area contributed by atoms with Crippen molar-refractivity contribution in [3.63, 3.8) is 0 Å². The summed E-state index contributed by atoms with van der Waals surface area (Å²) in [5, 5.41) is 1.06. The lowest BCUT2D eigenvalue weighted by molar-refractivity contribution is -0.137. The Kier molecular flexibility index (Phi) is 6.34. The number of anilines is 1. The zero-order chi connectivity index (χ0) is 22.0. The Morgan fingerprint density at radius 3 is 2.45 bits per heavy atom. The summed E-state index contributed by atoms with van der Waals surface area (Å²) in [6.45, 7) is 5.01. The zero-order valence-electron chi connectivity index (χ0n) is 18.2. The van der Waals surface area contributed by atoms with Crippen LogP contribution in [0.1, 0.15) is 19.8 Å². The normalized spacial score (nSPS) is 19.0. The summed E-state index contributed by atoms with van der Waals surface area (Å²) in [5.41, 5.74) is 2.05. The van der Waals surface area contributed by atoms with Crippen LogP contribution in [0.25, 0.3) is 10.9 Å². The molecule has 0 bridgehead atoms. The van der Waals surface area contributed by atoms with E-state index in [0.717, 1.165) is 48.3 Å². The molecule has 0 unspecified atom stereocenters. The van der Waals surface area contributed by atoms with E-state index < -0.39 is 10.0 Å². The van der Waals surface area contributed by atoms with Crippen LogP contribution in [0.5, 0.6) is 5.75 Å². The third-order valence-corrected chi connectivity index (χ3v) is 8.30. The summed E-state index contributed by atoms with van der Waals surface area (Å²) >= 11 is 0. The first kappa shape index (κ1) is 21.8. The molecular weight excluding hydrogens is 416 g/mol. The summed E-state index contributed by atoms with van der Waals surface area (Å²) in [6.07, 6.45) is 3.41. The van der Waals surface area contributed by atoms with Gasteiger partial charge in [0.1, 0.15) is 5.75 Å². The van der Waals surface area contributed by atoms with Crippen LogP contribution in [0.15, 0.2) is 30.5 Å². The fourth-order valence-electron chi connectivity index (χ4n) is 4.51. The average Bonchev–Trinajstić information content (AvgIpc) is 2.83. The smallest absolute Gasteiger partial charge is 0.225 e. The third kappa shape index (κ3) is 4.48. The molecule has 1 aromatic heterocycles. The predicted molar refractivity (Wildman–Crippen MR) is 121 cm³/mol. The van der Waals surface area contributed by atoms with Crippen LogP contribution in [-0.4, -0.2) is 80.6 Å². The van der Waals surface area contributed by atoms with Crippen LogP contribution in [-0.2, 0) is 14.8 Å². The number of benzene rings is 1. The summed E-state index contributed by atoms with van der Waals surface area (Å²) in [7, 11) is -1.52. The molecule has 0 atom stereocenters. The van der Waals surface area contributed by atoms with Gasteiger partial charge in [0.2, 0.25) is 15.9 Å². The van der Waals surface area contributed by atoms with Gasteiger partial charge in [-0.05, 0) is 44.0 Å². The molecule has 2 aliphatic rings. The quantitative estimate of drug-likeness (QED) is 0.698. The standard InChI is InChI=1S/C22H30N4O4S/c1-3-31(28,29)26-14-12-25(13-15-26)22(27)17-7-10-24(11-8-17)21-6-9-23-20-5-4-18(30-2)16-19(20)21/h4-6,9,16-17H,3,7-8,10-15H2,1-2H3. The van der Waals surface area contributed by atoms with Crippen LogP contribution in [0, 0.1) is 5.92 Å². The minimum absolute atomic E-state index is 0.00628. The number of hydrogen-bond acceptors (Lipinski definition) is 6. The molecule has 2 aliphatic heterocycles. The lowest BCUT2D eigenvalue weighted by Crippen LogP contribution is -2.53. The summed E-state index contributed by atoms with van der Waals surface area (Å²) in [6, 6.07) is 7.91. The number of carbonyl (C=O) groups excluding carboxylic acids is 1. The predicted octanol–water partition coefficient (Wildman–Crippen LogP) is 1.95. The molecule has 9 heteroatoms. The van der Waals surface area contributed by atoms with Crippen molar-refractivity contribution in [2.75, 3.05) is 57.0 Å². The van der Waals surface area contributed by atoms with E-state index in [-0.39, 0.29) is 17.6 Å². The average molecular weight is 447 g/mol. The minimum atomic E-state index is -3.18. The van der Waals surface area contributed by atoms with Gasteiger partial charge in [0.05, 0.1) is 18.4 Å². The van der Waals surface area contributed by atoms with E-state index >= 15 is 0 Å². The highest BCUT2D eigenvalue weighted by molar-refractivity contribution is 7.89. The number of pyridine rings is 1. The molecule has 0 spiro atoms. The maximum atomic E-state index is 13.0. The van der Waals surface area contributed by atoms with Crippen molar-refractivity contribution in [1.82, 2.24) is 14.2 Å². The van der Waals surface area contributed by atoms with Crippen molar-refractivity contribution in [2.24, 2.45) is 5.92 Å². The molecule has 0 radical (unpaired) electrons. The van der Waals surface area contributed by atoms with Gasteiger partial charge < -0.3 is 14.5 Å². The minimum Gasteiger partial charge on any atom is -0.497 e. The van der Waals surface area contributed by atoms with Gasteiger partial charge in [0, 0.05) is 62.5 Å². The van der Waals surface area contributed by atoms with Crippen LogP contribution < -0.4 is 9.64 Å². The molecule has 3 heterocycles. The fraction of sp³-hybridized carbons (Fsp3) is 0.545. The lowest BCUT2D eigenvalue weighted by Gasteiger charge is -2.38. The summed E-state index contributed by atoms with van der Waals surface area (Å²) in [5.74, 6) is 1.06. The van der Waals surface area contributed by atoms with Crippen LogP contribution in [0.3, 0.4) is 0 Å². The van der Waals surface area contributed by atoms with E-state index in [1.54, 1.807) is 14.0 Å². The molecule has 168 valence electrons. The first-order chi connectivity index (χ1) is 14.9. The Morgan fingerprint density at radius 1 is 1.10 bits per heavy atom. The number of rotatable bonds is 5. The third-order valence-electron chi connectivity index (χ3n) is 6.42. The second kappa shape index (κ2) is 9.00. The molecule has 2 fully saturated rings. The number of sulfonamides is 1. The SMILES string of the molecule is CCS(=O)(=O)N1CCN(C(=O)C2CCN(c3ccnc4ccc(OC)cc34)CC2)CC1. The highest BCUT2D eigenvalue weighted by atomic mass is 32.2. The fourth-order valence-corrected chi connectivity index (χ4v) is 5.59. The Bertz CT molecular complexity index is 1040. The lowest BCUT2D eigenvalue weighted by atomic mass is 9.94. The Labute approximate surface area is 183 Å². The van der Waals surface area contributed by atoms with Gasteiger partial charge in [0.15, 0.2) is 0 Å². The highest BCUT2D eigenvalue weighted by Crippen LogP contribution is 2.32. The van der Waals surface area contributed by atoms with Crippen molar-refractivity contribution in [3.8, 4) is 5.75 Å². The number of amides is 1. The Hall–Kier alpha value is -2.39. The van der Waals surface area contributed by atoms with Gasteiger partial charge >= 0.3 is 0 Å². The number of carbonyl (C=O) groups is 1. The maximum absolute atomic E-state index is 13.0. The number of nitrogens with zero attached hydrogens (tertiary/aromatic N) is 4. The van der Waals surface area contributed by atoms with Gasteiger partial charge in [-0.25, -0.2) is 8.42 Å². The van der Waals surface area contributed by atoms with Gasteiger partial charge in [0.25, 0.3) is 0 Å². The van der Waals surface area contributed by atoms with E-state index in [1.165, 1.54) is 4.31 Å². The van der Waals surface area contributed by atoms with E-state index in [2.05, 4.69) is 9.88 Å². The molecule has 31 heavy (non-hydrogen) atoms. The van der Waals surface area contributed by atoms with Crippen LogP contribution >= 0.6 is 0 Å². The largest absolute Gasteiger partial charge is 0.497 e. The maximum Gasteiger partial charge on any atom is 0.225 e. The van der Waals surface area contributed by atoms with E-state index in [4.69, 9.17) is 4.74 Å². The molecule has 2 saturated heterocycles. The number of aromatic nitrogens is 1. The molecule has 0 saturated carbocycles. The Balaban J connectivity index is 1.38. The van der Waals surface area contributed by atoms with E-state index in [1.807, 2.05) is 35.4 Å². The summed E-state index contributed by atoms with van der Waals surface area (Å²) in [4.78, 5) is 21.6. The van der Waals surface area contributed by atoms with Crippen molar-refractivity contribution in [3.05, 3.63) is 30.5 Å². The number of methoxy groups -OCH3 is 1. The van der Waals surface area contributed by atoms with Gasteiger partial charge in [-0.3, -0.25) is 9.78 Å². The van der Waals surface area contributed by atoms with Crippen LogP contribution in [0.4, 0.5) is 5.69 Å². The number of piperazine rings is 1. The van der Waals surface area contributed by atoms with Crippen molar-refractivity contribution >= 4 is 32.5 Å². The number of hydrogen-bond donors (Lipinski definition) is 0. The molecule has 0 N–H and O–H groups in total. The molecule has 8 nitrogen and oxygen atoms in total. The van der Waals surface area contributed by atoms with Crippen molar-refractivity contribution in [2.45, 2.75) is 19.8 Å². The number of piperidine rings is 1. The second-order valence-electron chi connectivity index (χ2n) is 8.10. The van der Waals surface area contributed by atoms with Crippen molar-refractivity contribution < 1.29 is 17.9 Å². The van der Waals surface area contributed by atoms with Crippen LogP contribution in [0.2, 0.25) is 0 Å². The van der Waals surface area contributed by atoms with Gasteiger partial charge in [-0.2, -0.15) is 4.31 Å². The molecule has 1 amide bonds. The summed E-state index contributed by atoms with van der Waals surface area (Å²) < 4.78 is 31.0. The second-order valence-corrected chi connectivity index (χ2v) is 10.4. The monoisotopic (exact) mass is 446 g/mol. The number of fused-ring (bicyclic) bond motifs is 1. The van der Waals surface area contributed by atoms with E-state index in [9.17, 15) is 13.2 Å². The van der Waals surface area contributed by atoms with Gasteiger partial charge in [-0.1, -0.05) is 0 Å². The molecule has 2 aromatic rings. The first-order valence-corrected chi connectivity index (χ1v) is 12.5. The molecule has 4 rings (SSSR count). The molecule has 0 aliphatic carbocycles. The van der Waals surface area contributed by atoms with E-state index in [0.29, 0.717) is 26.2 Å². The zero-order valence-corrected chi connectivity index (χ0v) is 19.0. The highest BCUT2D eigenvalue weighted by Gasteiger charge is 2.33. The topological polar surface area (TPSA) is 83.1 Å². The first-order valence-electron chi connectivity index (χ1n) is 10.9. The number of ether oxygens (including phenoxy) is 1. The molecule has 1 aromatic carbocycles. The van der Waals surface area contributed by atoms with Crippen molar-refractivity contribution in [1.29, 1.82) is 0 Å². The Morgan fingerprint density at radius 2 is 1.81 bits per heavy atom. The van der Waals surface area contributed by atoms with Gasteiger partial charge in [-0.15, -0.1) is 0 Å².